The molecule has 2 N–H and O–H groups in total. The summed E-state index contributed by atoms with van der Waals surface area (Å²) in [6.45, 7) is 7.73. The molecule has 0 amide bonds. The minimum Gasteiger partial charge on any atom is -0.319 e. The second-order valence-electron chi connectivity index (χ2n) is 8.74. The monoisotopic (exact) mass is 561 g/mol. The van der Waals surface area contributed by atoms with Crippen LogP contribution in [0.1, 0.15) is 11.1 Å². The first-order valence-corrected chi connectivity index (χ1v) is 13.1. The van der Waals surface area contributed by atoms with E-state index in [1.54, 1.807) is 24.5 Å². The van der Waals surface area contributed by atoms with Crippen LogP contribution in [0.2, 0.25) is 0 Å². The van der Waals surface area contributed by atoms with Crippen molar-refractivity contribution in [2.45, 2.75) is 10.1 Å². The van der Waals surface area contributed by atoms with Crippen molar-refractivity contribution in [2.24, 2.45) is 9.98 Å². The van der Waals surface area contributed by atoms with Gasteiger partial charge in [0.05, 0.1) is 21.2 Å². The van der Waals surface area contributed by atoms with Crippen molar-refractivity contribution in [2.75, 3.05) is 0 Å². The van der Waals surface area contributed by atoms with E-state index < -0.39 is 0 Å². The van der Waals surface area contributed by atoms with Crippen LogP contribution in [-0.4, -0.2) is 34.1 Å². The molecule has 4 heterocycles. The van der Waals surface area contributed by atoms with Gasteiger partial charge in [0.1, 0.15) is 6.33 Å². The SMILES string of the molecule is C=Cc1cccc(-n2cc(S)[nH]c2=Nc2ncnc(/N=c3\[nH]c(S)cn3-c3cccc(C=C)c3)c3cncc2-3)c1. The Kier molecular flexibility index (Phi) is 6.81. The zero-order valence-electron chi connectivity index (χ0n) is 21.1. The highest BCUT2D eigenvalue weighted by Gasteiger charge is 2.16. The van der Waals surface area contributed by atoms with Gasteiger partial charge in [0.25, 0.3) is 0 Å². The van der Waals surface area contributed by atoms with Gasteiger partial charge in [-0.15, -0.1) is 25.3 Å². The van der Waals surface area contributed by atoms with E-state index in [2.05, 4.69) is 63.3 Å². The number of nitrogens with zero attached hydrogens (tertiary/aromatic N) is 7. The lowest BCUT2D eigenvalue weighted by Crippen LogP contribution is -2.16. The summed E-state index contributed by atoms with van der Waals surface area (Å²) in [5, 5.41) is 1.29. The largest absolute Gasteiger partial charge is 0.319 e. The number of imidazole rings is 2. The van der Waals surface area contributed by atoms with Gasteiger partial charge in [-0.1, -0.05) is 49.6 Å². The van der Waals surface area contributed by atoms with Crippen molar-refractivity contribution in [1.29, 1.82) is 0 Å². The molecule has 0 unspecified atom stereocenters. The van der Waals surface area contributed by atoms with E-state index >= 15 is 0 Å². The third kappa shape index (κ3) is 4.95. The first kappa shape index (κ1) is 25.4. The molecule has 2 aromatic heterocycles. The highest BCUT2D eigenvalue weighted by molar-refractivity contribution is 7.80. The minimum absolute atomic E-state index is 0.429. The smallest absolute Gasteiger partial charge is 0.214 e. The Bertz CT molecular complexity index is 1850. The van der Waals surface area contributed by atoms with E-state index in [-0.39, 0.29) is 0 Å². The molecule has 0 bridgehead atoms. The van der Waals surface area contributed by atoms with Gasteiger partial charge in [0.15, 0.2) is 11.6 Å². The summed E-state index contributed by atoms with van der Waals surface area (Å²) in [4.78, 5) is 29.5. The Labute approximate surface area is 240 Å². The number of hydrogen-bond acceptors (Lipinski definition) is 7. The van der Waals surface area contributed by atoms with Gasteiger partial charge in [-0.05, 0) is 35.4 Å². The van der Waals surface area contributed by atoms with Crippen molar-refractivity contribution >= 4 is 49.0 Å². The van der Waals surface area contributed by atoms with E-state index in [0.717, 1.165) is 22.5 Å². The molecule has 4 aromatic rings. The van der Waals surface area contributed by atoms with Gasteiger partial charge in [0.2, 0.25) is 11.2 Å². The number of fused-ring (bicyclic) bond motifs is 1. The number of aromatic amines is 2. The van der Waals surface area contributed by atoms with Gasteiger partial charge in [-0.3, -0.25) is 14.1 Å². The van der Waals surface area contributed by atoms with Crippen molar-refractivity contribution < 1.29 is 0 Å². The highest BCUT2D eigenvalue weighted by Crippen LogP contribution is 2.34. The number of rotatable bonds is 6. The lowest BCUT2D eigenvalue weighted by molar-refractivity contribution is 0.927. The summed E-state index contributed by atoms with van der Waals surface area (Å²) < 4.78 is 3.80. The van der Waals surface area contributed by atoms with E-state index in [1.165, 1.54) is 6.33 Å². The number of benzene rings is 2. The normalized spacial score (nSPS) is 12.2. The van der Waals surface area contributed by atoms with Crippen molar-refractivity contribution in [1.82, 2.24) is 34.1 Å². The fourth-order valence-corrected chi connectivity index (χ4v) is 4.71. The molecule has 196 valence electrons. The Morgan fingerprint density at radius 2 is 1.20 bits per heavy atom. The molecular weight excluding hydrogens is 539 g/mol. The first-order valence-electron chi connectivity index (χ1n) is 12.2. The average molecular weight is 562 g/mol. The molecule has 40 heavy (non-hydrogen) atoms. The summed E-state index contributed by atoms with van der Waals surface area (Å²) in [7, 11) is 0. The Hall–Kier alpha value is -4.87. The Balaban J connectivity index is 1.47. The molecule has 9 nitrogen and oxygen atoms in total. The molecule has 0 saturated carbocycles. The zero-order chi connectivity index (χ0) is 27.6. The van der Waals surface area contributed by atoms with Gasteiger partial charge in [-0.25, -0.2) is 9.97 Å². The molecule has 2 aromatic carbocycles. The maximum absolute atomic E-state index is 4.84. The fourth-order valence-electron chi connectivity index (χ4n) is 4.28. The topological polar surface area (TPSA) is 105 Å². The molecule has 6 rings (SSSR count). The molecule has 0 saturated heterocycles. The lowest BCUT2D eigenvalue weighted by Gasteiger charge is -2.04. The maximum Gasteiger partial charge on any atom is 0.214 e. The van der Waals surface area contributed by atoms with Gasteiger partial charge in [-0.2, -0.15) is 9.98 Å². The predicted molar refractivity (Wildman–Crippen MR) is 162 cm³/mol. The molecule has 2 aliphatic heterocycles. The minimum atomic E-state index is 0.429. The van der Waals surface area contributed by atoms with Crippen LogP contribution in [0.4, 0.5) is 11.6 Å². The second-order valence-corrected chi connectivity index (χ2v) is 9.71. The number of aromatic nitrogens is 7. The molecule has 2 aliphatic rings. The molecule has 0 fully saturated rings. The second kappa shape index (κ2) is 10.7. The third-order valence-corrected chi connectivity index (χ3v) is 6.62. The van der Waals surface area contributed by atoms with Gasteiger partial charge < -0.3 is 9.97 Å². The molecule has 0 aliphatic carbocycles. The average Bonchev–Trinajstić information content (AvgIpc) is 3.67. The fraction of sp³-hybridized carbons (Fsp3) is 0. The van der Waals surface area contributed by atoms with E-state index in [0.29, 0.717) is 44.1 Å². The molecule has 0 spiro atoms. The molecule has 0 radical (unpaired) electrons. The van der Waals surface area contributed by atoms with Crippen molar-refractivity contribution in [3.8, 4) is 22.5 Å². The van der Waals surface area contributed by atoms with Gasteiger partial charge >= 0.3 is 0 Å². The number of nitrogens with one attached hydrogen (secondary N) is 2. The predicted octanol–water partition coefficient (Wildman–Crippen LogP) is 5.54. The maximum atomic E-state index is 4.84. The van der Waals surface area contributed by atoms with Crippen LogP contribution in [0, 0.1) is 0 Å². The first-order chi connectivity index (χ1) is 19.5. The standard InChI is InChI=1S/C29H23N9S2/c1-3-18-7-5-9-20(11-18)37-15-24(39)33-28(37)35-26-22-13-30-14-23(22)27(32-17-31-26)36-29-34-25(40)16-38(29)21-10-6-8-19(4-2)12-21/h3-17,39-40H,1-2H2,(H2,31,32,33,34,35,36). The quantitative estimate of drug-likeness (QED) is 0.201. The van der Waals surface area contributed by atoms with Crippen LogP contribution >= 0.6 is 25.3 Å². The van der Waals surface area contributed by atoms with Crippen LogP contribution in [0.3, 0.4) is 0 Å². The zero-order valence-corrected chi connectivity index (χ0v) is 22.9. The van der Waals surface area contributed by atoms with Crippen LogP contribution in [-0.2, 0) is 0 Å². The van der Waals surface area contributed by atoms with Crippen molar-refractivity contribution in [3.63, 3.8) is 0 Å². The number of thiol groups is 2. The van der Waals surface area contributed by atoms with E-state index in [9.17, 15) is 0 Å². The summed E-state index contributed by atoms with van der Waals surface area (Å²) in [5.74, 6) is 0.858. The molecule has 0 atom stereocenters. The Morgan fingerprint density at radius 1 is 0.725 bits per heavy atom. The van der Waals surface area contributed by atoms with E-state index in [1.807, 2.05) is 70.1 Å². The van der Waals surface area contributed by atoms with Crippen LogP contribution in [0.15, 0.2) is 113 Å². The van der Waals surface area contributed by atoms with Crippen LogP contribution < -0.4 is 11.2 Å². The number of H-pyrrole nitrogens is 2. The van der Waals surface area contributed by atoms with Gasteiger partial charge in [0, 0.05) is 36.2 Å². The van der Waals surface area contributed by atoms with Crippen molar-refractivity contribution in [3.05, 3.63) is 115 Å². The molecular formula is C29H23N9S2. The van der Waals surface area contributed by atoms with Crippen LogP contribution in [0.25, 0.3) is 34.7 Å². The molecule has 11 heteroatoms. The van der Waals surface area contributed by atoms with E-state index in [4.69, 9.17) is 9.98 Å². The third-order valence-electron chi connectivity index (χ3n) is 6.17. The van der Waals surface area contributed by atoms with Crippen LogP contribution in [0.5, 0.6) is 0 Å². The summed E-state index contributed by atoms with van der Waals surface area (Å²) in [5.41, 5.74) is 6.23. The highest BCUT2D eigenvalue weighted by atomic mass is 32.1. The summed E-state index contributed by atoms with van der Waals surface area (Å²) >= 11 is 9.02. The summed E-state index contributed by atoms with van der Waals surface area (Å²) in [6, 6.07) is 15.9. The Morgan fingerprint density at radius 3 is 1.65 bits per heavy atom. The number of hydrogen-bond donors (Lipinski definition) is 4. The summed E-state index contributed by atoms with van der Waals surface area (Å²) in [6.07, 6.45) is 12.2. The lowest BCUT2D eigenvalue weighted by atomic mass is 10.2.